The lowest BCUT2D eigenvalue weighted by Gasteiger charge is -2.13. The second-order valence-electron chi connectivity index (χ2n) is 9.40. The van der Waals surface area contributed by atoms with E-state index in [-0.39, 0.29) is 23.5 Å². The zero-order valence-corrected chi connectivity index (χ0v) is 21.4. The minimum atomic E-state index is -0.497. The lowest BCUT2D eigenvalue weighted by Crippen LogP contribution is -2.20. The van der Waals surface area contributed by atoms with Gasteiger partial charge in [-0.1, -0.05) is 29.8 Å². The van der Waals surface area contributed by atoms with E-state index >= 15 is 0 Å². The number of ether oxygens (including phenoxy) is 1. The van der Waals surface area contributed by atoms with Crippen molar-refractivity contribution in [2.24, 2.45) is 0 Å². The molecule has 3 aromatic carbocycles. The zero-order valence-electron chi connectivity index (χ0n) is 20.7. The highest BCUT2D eigenvalue weighted by Crippen LogP contribution is 2.44. The minimum Gasteiger partial charge on any atom is -0.504 e. The monoisotopic (exact) mass is 521 g/mol. The number of phenols is 1. The maximum atomic E-state index is 13.1. The summed E-state index contributed by atoms with van der Waals surface area (Å²) in [6.07, 6.45) is 1.26. The zero-order chi connectivity index (χ0) is 26.3. The highest BCUT2D eigenvalue weighted by molar-refractivity contribution is 6.36. The van der Waals surface area contributed by atoms with Crippen LogP contribution in [0.5, 0.6) is 11.5 Å². The van der Waals surface area contributed by atoms with Gasteiger partial charge in [0.1, 0.15) is 0 Å². The molecule has 8 nitrogen and oxygen atoms in total. The highest BCUT2D eigenvalue weighted by Gasteiger charge is 2.35. The molecule has 3 N–H and O–H groups in total. The number of hydrogen-bond donors (Lipinski definition) is 3. The summed E-state index contributed by atoms with van der Waals surface area (Å²) in [6, 6.07) is 12.4. The fourth-order valence-corrected chi connectivity index (χ4v) is 5.23. The highest BCUT2D eigenvalue weighted by atomic mass is 35.5. The number of carbonyl (C=O) groups is 2. The second kappa shape index (κ2) is 10.0. The topological polar surface area (TPSA) is 104 Å². The first kappa shape index (κ1) is 25.1. The van der Waals surface area contributed by atoms with Crippen LogP contribution in [-0.4, -0.2) is 65.3 Å². The van der Waals surface area contributed by atoms with Gasteiger partial charge in [-0.2, -0.15) is 0 Å². The summed E-state index contributed by atoms with van der Waals surface area (Å²) in [5, 5.41) is 24.5. The summed E-state index contributed by atoms with van der Waals surface area (Å²) >= 11 is 6.51. The van der Waals surface area contributed by atoms with Crippen molar-refractivity contribution in [1.82, 2.24) is 14.8 Å². The number of hydrogen-bond acceptors (Lipinski definition) is 6. The van der Waals surface area contributed by atoms with Gasteiger partial charge >= 0.3 is 0 Å². The van der Waals surface area contributed by atoms with Crippen LogP contribution in [0.3, 0.4) is 0 Å². The third-order valence-electron chi connectivity index (χ3n) is 6.63. The Morgan fingerprint density at radius 2 is 1.76 bits per heavy atom. The summed E-state index contributed by atoms with van der Waals surface area (Å²) in [5.74, 6) is -0.697. The first-order chi connectivity index (χ1) is 17.8. The van der Waals surface area contributed by atoms with Crippen molar-refractivity contribution >= 4 is 45.2 Å². The summed E-state index contributed by atoms with van der Waals surface area (Å²) in [5.41, 5.74) is 3.13. The van der Waals surface area contributed by atoms with Crippen LogP contribution in [0.2, 0.25) is 5.02 Å². The molecule has 192 valence electrons. The second-order valence-corrected chi connectivity index (χ2v) is 9.81. The molecule has 0 saturated carbocycles. The Balaban J connectivity index is 1.78. The number of fused-ring (bicyclic) bond motifs is 5. The van der Waals surface area contributed by atoms with Gasteiger partial charge in [-0.05, 0) is 50.7 Å². The average Bonchev–Trinajstić information content (AvgIpc) is 3.32. The molecule has 37 heavy (non-hydrogen) atoms. The van der Waals surface area contributed by atoms with Gasteiger partial charge in [0, 0.05) is 47.1 Å². The van der Waals surface area contributed by atoms with E-state index in [9.17, 15) is 19.8 Å². The Morgan fingerprint density at radius 1 is 1.00 bits per heavy atom. The molecule has 5 rings (SSSR count). The smallest absolute Gasteiger partial charge is 0.259 e. The Bertz CT molecular complexity index is 1540. The van der Waals surface area contributed by atoms with Crippen LogP contribution in [-0.2, 0) is 6.54 Å². The number of rotatable bonds is 9. The fourth-order valence-electron chi connectivity index (χ4n) is 5.00. The van der Waals surface area contributed by atoms with Crippen LogP contribution < -0.4 is 10.1 Å². The molecule has 0 bridgehead atoms. The van der Waals surface area contributed by atoms with E-state index in [0.29, 0.717) is 57.8 Å². The predicted octanol–water partition coefficient (Wildman–Crippen LogP) is 4.42. The third kappa shape index (κ3) is 4.41. The van der Waals surface area contributed by atoms with Crippen molar-refractivity contribution < 1.29 is 24.5 Å². The molecule has 0 spiro atoms. The molecule has 0 unspecified atom stereocenters. The molecule has 1 aliphatic rings. The van der Waals surface area contributed by atoms with Gasteiger partial charge in [0.05, 0.1) is 28.8 Å². The quantitative estimate of drug-likeness (QED) is 0.222. The number of aryl methyl sites for hydroxylation is 1. The van der Waals surface area contributed by atoms with Crippen LogP contribution in [0.25, 0.3) is 32.9 Å². The SMILES string of the molecule is CN(C)CCCOc1cc2c(cc1O)c1c3c(c(-c4ccccc4Cl)cc1n2CCCO)C(=O)NC3=O. The van der Waals surface area contributed by atoms with Gasteiger partial charge in [0.2, 0.25) is 0 Å². The minimum absolute atomic E-state index is 0.0194. The molecule has 2 amide bonds. The Hall–Kier alpha value is -3.59. The fraction of sp³-hybridized carbons (Fsp3) is 0.286. The number of carbonyl (C=O) groups excluding carboxylic acids is 2. The number of aliphatic hydroxyl groups excluding tert-OH is 1. The third-order valence-corrected chi connectivity index (χ3v) is 6.96. The number of halogens is 1. The first-order valence-electron chi connectivity index (χ1n) is 12.2. The normalized spacial score (nSPS) is 13.1. The van der Waals surface area contributed by atoms with Gasteiger partial charge in [-0.3, -0.25) is 14.9 Å². The van der Waals surface area contributed by atoms with Gasteiger partial charge in [0.15, 0.2) is 11.5 Å². The van der Waals surface area contributed by atoms with Crippen LogP contribution in [0, 0.1) is 0 Å². The molecular weight excluding hydrogens is 494 g/mol. The lowest BCUT2D eigenvalue weighted by molar-refractivity contribution is 0.0880. The standard InChI is InChI=1S/C28H28ClN3O5/c1-31(2)9-6-12-37-23-15-20-18(14-22(23)34)24-21(32(20)10-5-11-33)13-17(16-7-3-4-8-19(16)29)25-26(24)28(36)30-27(25)35/h3-4,7-8,13-15,33-34H,5-6,9-12H2,1-2H3,(H,30,35,36). The van der Waals surface area contributed by atoms with Crippen LogP contribution in [0.4, 0.5) is 0 Å². The largest absolute Gasteiger partial charge is 0.504 e. The van der Waals surface area contributed by atoms with E-state index in [1.54, 1.807) is 24.3 Å². The van der Waals surface area contributed by atoms with Crippen molar-refractivity contribution in [3.05, 3.63) is 58.6 Å². The number of aromatic hydroxyl groups is 1. The maximum absolute atomic E-state index is 13.1. The molecule has 2 heterocycles. The number of benzene rings is 3. The van der Waals surface area contributed by atoms with E-state index in [2.05, 4.69) is 10.2 Å². The van der Waals surface area contributed by atoms with Crippen LogP contribution in [0.1, 0.15) is 33.6 Å². The molecule has 1 aromatic heterocycles. The molecule has 0 aliphatic carbocycles. The van der Waals surface area contributed by atoms with E-state index in [1.165, 1.54) is 0 Å². The number of amides is 2. The van der Waals surface area contributed by atoms with Crippen molar-refractivity contribution in [1.29, 1.82) is 0 Å². The van der Waals surface area contributed by atoms with Crippen LogP contribution >= 0.6 is 11.6 Å². The van der Waals surface area contributed by atoms with Crippen molar-refractivity contribution in [2.75, 3.05) is 33.9 Å². The molecule has 4 aromatic rings. The van der Waals surface area contributed by atoms with Gasteiger partial charge < -0.3 is 24.4 Å². The molecule has 9 heteroatoms. The average molecular weight is 522 g/mol. The number of nitrogens with one attached hydrogen (secondary N) is 1. The van der Waals surface area contributed by atoms with Crippen LogP contribution in [0.15, 0.2) is 42.5 Å². The maximum Gasteiger partial charge on any atom is 0.259 e. The van der Waals surface area contributed by atoms with E-state index in [1.807, 2.05) is 36.9 Å². The molecule has 0 fully saturated rings. The van der Waals surface area contributed by atoms with Crippen molar-refractivity contribution in [3.8, 4) is 22.6 Å². The summed E-state index contributed by atoms with van der Waals surface area (Å²) in [4.78, 5) is 28.1. The van der Waals surface area contributed by atoms with E-state index in [4.69, 9.17) is 16.3 Å². The van der Waals surface area contributed by atoms with Gasteiger partial charge in [-0.15, -0.1) is 0 Å². The Labute approximate surface area is 219 Å². The molecular formula is C28H28ClN3O5. The molecule has 0 atom stereocenters. The number of nitrogens with zero attached hydrogens (tertiary/aromatic N) is 2. The van der Waals surface area contributed by atoms with E-state index < -0.39 is 11.8 Å². The number of aliphatic hydroxyl groups is 1. The van der Waals surface area contributed by atoms with E-state index in [0.717, 1.165) is 18.5 Å². The molecule has 0 radical (unpaired) electrons. The first-order valence-corrected chi connectivity index (χ1v) is 12.5. The summed E-state index contributed by atoms with van der Waals surface area (Å²) in [7, 11) is 3.97. The predicted molar refractivity (Wildman–Crippen MR) is 144 cm³/mol. The van der Waals surface area contributed by atoms with Crippen molar-refractivity contribution in [2.45, 2.75) is 19.4 Å². The number of imide groups is 1. The summed E-state index contributed by atoms with van der Waals surface area (Å²) < 4.78 is 7.89. The van der Waals surface area contributed by atoms with Crippen molar-refractivity contribution in [3.63, 3.8) is 0 Å². The molecule has 1 aliphatic heterocycles. The Morgan fingerprint density at radius 3 is 2.49 bits per heavy atom. The number of phenolic OH excluding ortho intramolecular Hbond substituents is 1. The summed E-state index contributed by atoms with van der Waals surface area (Å²) in [6.45, 7) is 1.71. The molecule has 0 saturated heterocycles. The Kier molecular flexibility index (Phi) is 6.81. The van der Waals surface area contributed by atoms with Gasteiger partial charge in [0.25, 0.3) is 11.8 Å². The number of aromatic nitrogens is 1. The lowest BCUT2D eigenvalue weighted by atomic mass is 9.93. The van der Waals surface area contributed by atoms with Gasteiger partial charge in [-0.25, -0.2) is 0 Å².